The van der Waals surface area contributed by atoms with E-state index in [1.807, 2.05) is 0 Å². The van der Waals surface area contributed by atoms with Crippen LogP contribution in [-0.2, 0) is 0 Å². The van der Waals surface area contributed by atoms with Crippen LogP contribution in [0.2, 0.25) is 0 Å². The van der Waals surface area contributed by atoms with E-state index in [9.17, 15) is 14.9 Å². The number of carbonyl (C=O) groups is 1. The standard InChI is InChI=1S/C12H16N4O4/c17-12(18)15-9-5-3-8(4-6-9)14-11-10(16(19)20)2-1-7-13-11/h1-2,7-9,15H,3-6H2,(H,13,14)(H,17,18)/t8-,9-. The third kappa shape index (κ3) is 3.56. The largest absolute Gasteiger partial charge is 0.465 e. The average molecular weight is 280 g/mol. The maximum absolute atomic E-state index is 10.9. The van der Waals surface area contributed by atoms with Gasteiger partial charge in [-0.15, -0.1) is 0 Å². The van der Waals surface area contributed by atoms with Crippen LogP contribution in [0.5, 0.6) is 0 Å². The number of nitrogens with zero attached hydrogens (tertiary/aromatic N) is 2. The lowest BCUT2D eigenvalue weighted by Gasteiger charge is -2.29. The van der Waals surface area contributed by atoms with E-state index >= 15 is 0 Å². The summed E-state index contributed by atoms with van der Waals surface area (Å²) < 4.78 is 0. The second-order valence-corrected chi connectivity index (χ2v) is 4.77. The van der Waals surface area contributed by atoms with Gasteiger partial charge in [0.15, 0.2) is 0 Å². The minimum absolute atomic E-state index is 0.0377. The molecule has 0 saturated heterocycles. The maximum Gasteiger partial charge on any atom is 0.404 e. The van der Waals surface area contributed by atoms with E-state index in [1.165, 1.54) is 18.3 Å². The molecule has 1 aliphatic rings. The van der Waals surface area contributed by atoms with Gasteiger partial charge in [-0.1, -0.05) is 0 Å². The summed E-state index contributed by atoms with van der Waals surface area (Å²) >= 11 is 0. The molecule has 8 heteroatoms. The zero-order valence-electron chi connectivity index (χ0n) is 10.8. The lowest BCUT2D eigenvalue weighted by Crippen LogP contribution is -2.39. The Morgan fingerprint density at radius 1 is 1.35 bits per heavy atom. The summed E-state index contributed by atoms with van der Waals surface area (Å²) in [6, 6.07) is 2.98. The van der Waals surface area contributed by atoms with Crippen molar-refractivity contribution in [1.82, 2.24) is 10.3 Å². The van der Waals surface area contributed by atoms with Crippen molar-refractivity contribution in [3.05, 3.63) is 28.4 Å². The van der Waals surface area contributed by atoms with Crippen molar-refractivity contribution in [2.75, 3.05) is 5.32 Å². The van der Waals surface area contributed by atoms with Gasteiger partial charge in [-0.2, -0.15) is 0 Å². The Morgan fingerprint density at radius 2 is 2.00 bits per heavy atom. The lowest BCUT2D eigenvalue weighted by atomic mass is 9.91. The van der Waals surface area contributed by atoms with Crippen LogP contribution in [0.1, 0.15) is 25.7 Å². The molecule has 1 aliphatic carbocycles. The quantitative estimate of drug-likeness (QED) is 0.573. The van der Waals surface area contributed by atoms with E-state index in [2.05, 4.69) is 15.6 Å². The number of pyridine rings is 1. The minimum Gasteiger partial charge on any atom is -0.465 e. The van der Waals surface area contributed by atoms with Gasteiger partial charge in [0.25, 0.3) is 0 Å². The van der Waals surface area contributed by atoms with Crippen molar-refractivity contribution in [1.29, 1.82) is 0 Å². The summed E-state index contributed by atoms with van der Waals surface area (Å²) in [5.74, 6) is 0.271. The van der Waals surface area contributed by atoms with Crippen molar-refractivity contribution >= 4 is 17.6 Å². The molecule has 1 amide bonds. The first-order chi connectivity index (χ1) is 9.56. The molecule has 8 nitrogen and oxygen atoms in total. The van der Waals surface area contributed by atoms with Gasteiger partial charge in [-0.3, -0.25) is 10.1 Å². The van der Waals surface area contributed by atoms with E-state index in [0.29, 0.717) is 12.8 Å². The molecular formula is C12H16N4O4. The van der Waals surface area contributed by atoms with Crippen molar-refractivity contribution in [3.8, 4) is 0 Å². The molecule has 0 aliphatic heterocycles. The number of carboxylic acid groups (broad SMARTS) is 1. The number of amides is 1. The highest BCUT2D eigenvalue weighted by molar-refractivity contribution is 5.64. The van der Waals surface area contributed by atoms with Gasteiger partial charge in [-0.25, -0.2) is 9.78 Å². The highest BCUT2D eigenvalue weighted by Crippen LogP contribution is 2.26. The first-order valence-electron chi connectivity index (χ1n) is 6.41. The van der Waals surface area contributed by atoms with E-state index < -0.39 is 11.0 Å². The minimum atomic E-state index is -1.01. The summed E-state index contributed by atoms with van der Waals surface area (Å²) in [5.41, 5.74) is -0.0433. The highest BCUT2D eigenvalue weighted by atomic mass is 16.6. The van der Waals surface area contributed by atoms with Gasteiger partial charge in [-0.05, 0) is 31.7 Å². The molecule has 0 aromatic carbocycles. The molecule has 1 aromatic rings. The number of anilines is 1. The van der Waals surface area contributed by atoms with Gasteiger partial charge in [0.05, 0.1) is 4.92 Å². The molecule has 0 spiro atoms. The summed E-state index contributed by atoms with van der Waals surface area (Å²) in [5, 5.41) is 25.1. The predicted molar refractivity (Wildman–Crippen MR) is 71.7 cm³/mol. The molecule has 1 saturated carbocycles. The summed E-state index contributed by atoms with van der Waals surface area (Å²) in [4.78, 5) is 25.0. The van der Waals surface area contributed by atoms with Crippen LogP contribution in [-0.4, -0.2) is 33.2 Å². The number of hydrogen-bond donors (Lipinski definition) is 3. The Balaban J connectivity index is 1.93. The molecular weight excluding hydrogens is 264 g/mol. The van der Waals surface area contributed by atoms with Crippen LogP contribution in [0.25, 0.3) is 0 Å². The second kappa shape index (κ2) is 6.18. The third-order valence-electron chi connectivity index (χ3n) is 3.38. The van der Waals surface area contributed by atoms with Crippen LogP contribution in [0, 0.1) is 10.1 Å². The molecule has 20 heavy (non-hydrogen) atoms. The molecule has 1 fully saturated rings. The molecule has 2 rings (SSSR count). The fourth-order valence-corrected chi connectivity index (χ4v) is 2.41. The summed E-state index contributed by atoms with van der Waals surface area (Å²) in [7, 11) is 0. The second-order valence-electron chi connectivity index (χ2n) is 4.77. The molecule has 0 bridgehead atoms. The zero-order valence-corrected chi connectivity index (χ0v) is 10.8. The van der Waals surface area contributed by atoms with Crippen molar-refractivity contribution in [3.63, 3.8) is 0 Å². The Morgan fingerprint density at radius 3 is 2.60 bits per heavy atom. The number of rotatable bonds is 4. The van der Waals surface area contributed by atoms with E-state index in [0.717, 1.165) is 12.8 Å². The first kappa shape index (κ1) is 14.0. The first-order valence-corrected chi connectivity index (χ1v) is 6.41. The summed E-state index contributed by atoms with van der Waals surface area (Å²) in [6.07, 6.45) is 3.42. The molecule has 0 radical (unpaired) electrons. The lowest BCUT2D eigenvalue weighted by molar-refractivity contribution is -0.384. The van der Waals surface area contributed by atoms with Crippen molar-refractivity contribution < 1.29 is 14.8 Å². The van der Waals surface area contributed by atoms with E-state index in [-0.39, 0.29) is 23.6 Å². The fourth-order valence-electron chi connectivity index (χ4n) is 2.41. The molecule has 3 N–H and O–H groups in total. The van der Waals surface area contributed by atoms with Gasteiger partial charge < -0.3 is 15.7 Å². The molecule has 0 unspecified atom stereocenters. The van der Waals surface area contributed by atoms with Crippen molar-refractivity contribution in [2.24, 2.45) is 0 Å². The van der Waals surface area contributed by atoms with E-state index in [1.54, 1.807) is 0 Å². The third-order valence-corrected chi connectivity index (χ3v) is 3.38. The number of nitro groups is 1. The maximum atomic E-state index is 10.9. The van der Waals surface area contributed by atoms with Gasteiger partial charge in [0.2, 0.25) is 5.82 Å². The zero-order chi connectivity index (χ0) is 14.5. The van der Waals surface area contributed by atoms with Crippen LogP contribution in [0.4, 0.5) is 16.3 Å². The van der Waals surface area contributed by atoms with Crippen LogP contribution in [0.3, 0.4) is 0 Å². The Kier molecular flexibility index (Phi) is 4.34. The van der Waals surface area contributed by atoms with Crippen LogP contribution < -0.4 is 10.6 Å². The molecule has 1 heterocycles. The average Bonchev–Trinajstić information content (AvgIpc) is 2.41. The van der Waals surface area contributed by atoms with Gasteiger partial charge in [0, 0.05) is 24.3 Å². The Hall–Kier alpha value is -2.38. The fraction of sp³-hybridized carbons (Fsp3) is 0.500. The van der Waals surface area contributed by atoms with Gasteiger partial charge >= 0.3 is 11.8 Å². The van der Waals surface area contributed by atoms with E-state index in [4.69, 9.17) is 5.11 Å². The predicted octanol–water partition coefficient (Wildman–Crippen LogP) is 1.98. The Bertz CT molecular complexity index is 500. The van der Waals surface area contributed by atoms with Crippen LogP contribution in [0.15, 0.2) is 18.3 Å². The number of hydrogen-bond acceptors (Lipinski definition) is 5. The normalized spacial score (nSPS) is 22.0. The highest BCUT2D eigenvalue weighted by Gasteiger charge is 2.24. The molecule has 0 atom stereocenters. The number of nitrogens with one attached hydrogen (secondary N) is 2. The van der Waals surface area contributed by atoms with Crippen molar-refractivity contribution in [2.45, 2.75) is 37.8 Å². The molecule has 108 valence electrons. The SMILES string of the molecule is O=C(O)N[C@H]1CC[C@H](Nc2ncccc2[N+](=O)[O-])CC1. The smallest absolute Gasteiger partial charge is 0.404 e. The van der Waals surface area contributed by atoms with Crippen LogP contribution >= 0.6 is 0 Å². The monoisotopic (exact) mass is 280 g/mol. The summed E-state index contributed by atoms with van der Waals surface area (Å²) in [6.45, 7) is 0. The Labute approximate surface area is 115 Å². The number of aromatic nitrogens is 1. The topological polar surface area (TPSA) is 117 Å². The van der Waals surface area contributed by atoms with Gasteiger partial charge in [0.1, 0.15) is 0 Å². The molecule has 1 aromatic heterocycles.